The van der Waals surface area contributed by atoms with Gasteiger partial charge in [-0.3, -0.25) is 0 Å². The number of nitrogens with one attached hydrogen (secondary N) is 1. The number of likely N-dealkylation sites (N-methyl/N-ethyl adjacent to an activating group) is 1. The highest BCUT2D eigenvalue weighted by molar-refractivity contribution is 5.39. The summed E-state index contributed by atoms with van der Waals surface area (Å²) in [5, 5.41) is 3.67. The van der Waals surface area contributed by atoms with Crippen LogP contribution in [0.15, 0.2) is 24.3 Å². The molecule has 0 amide bonds. The fourth-order valence-electron chi connectivity index (χ4n) is 3.24. The van der Waals surface area contributed by atoms with Crippen LogP contribution in [0, 0.1) is 0 Å². The van der Waals surface area contributed by atoms with Crippen molar-refractivity contribution >= 4 is 0 Å². The number of hydrogen-bond donors (Lipinski definition) is 1. The lowest BCUT2D eigenvalue weighted by Gasteiger charge is -2.47. The van der Waals surface area contributed by atoms with Gasteiger partial charge in [-0.1, -0.05) is 18.2 Å². The maximum absolute atomic E-state index is 5.73. The molecule has 1 fully saturated rings. The second-order valence-electron chi connectivity index (χ2n) is 6.15. The first-order valence-electron chi connectivity index (χ1n) is 7.31. The maximum atomic E-state index is 5.73. The number of ether oxygens (including phenoxy) is 1. The third-order valence-corrected chi connectivity index (χ3v) is 4.88. The van der Waals surface area contributed by atoms with E-state index in [9.17, 15) is 0 Å². The molecule has 1 aromatic rings. The highest BCUT2D eigenvalue weighted by Gasteiger charge is 2.38. The van der Waals surface area contributed by atoms with Crippen molar-refractivity contribution in [1.82, 2.24) is 10.2 Å². The van der Waals surface area contributed by atoms with Gasteiger partial charge in [0.15, 0.2) is 0 Å². The summed E-state index contributed by atoms with van der Waals surface area (Å²) in [6, 6.07) is 8.42. The Kier molecular flexibility index (Phi) is 3.50. The van der Waals surface area contributed by atoms with Crippen LogP contribution >= 0.6 is 0 Å². The van der Waals surface area contributed by atoms with E-state index in [1.807, 2.05) is 6.07 Å². The molecular weight excluding hydrogens is 236 g/mol. The van der Waals surface area contributed by atoms with Crippen LogP contribution in [0.5, 0.6) is 5.75 Å². The molecule has 0 aromatic heterocycles. The molecule has 3 rings (SSSR count). The predicted molar refractivity (Wildman–Crippen MR) is 77.8 cm³/mol. The second-order valence-corrected chi connectivity index (χ2v) is 6.15. The third-order valence-electron chi connectivity index (χ3n) is 4.88. The van der Waals surface area contributed by atoms with Gasteiger partial charge in [-0.25, -0.2) is 0 Å². The first-order valence-corrected chi connectivity index (χ1v) is 7.31. The average Bonchev–Trinajstić information content (AvgIpc) is 2.75. The van der Waals surface area contributed by atoms with Crippen LogP contribution in [0.2, 0.25) is 0 Å². The topological polar surface area (TPSA) is 24.5 Å². The van der Waals surface area contributed by atoms with Gasteiger partial charge in [-0.05, 0) is 39.4 Å². The maximum Gasteiger partial charge on any atom is 0.122 e. The van der Waals surface area contributed by atoms with Crippen molar-refractivity contribution in [3.8, 4) is 5.75 Å². The van der Waals surface area contributed by atoms with E-state index in [4.69, 9.17) is 4.74 Å². The molecule has 1 aromatic carbocycles. The molecule has 1 aliphatic carbocycles. The number of fused-ring (bicyclic) bond motifs is 1. The van der Waals surface area contributed by atoms with E-state index in [1.165, 1.54) is 24.8 Å². The first-order chi connectivity index (χ1) is 9.21. The van der Waals surface area contributed by atoms with Crippen LogP contribution in [0.3, 0.4) is 0 Å². The Morgan fingerprint density at radius 3 is 2.79 bits per heavy atom. The minimum absolute atomic E-state index is 0.402. The molecule has 3 nitrogen and oxygen atoms in total. The Hall–Kier alpha value is -1.06. The quantitative estimate of drug-likeness (QED) is 0.878. The van der Waals surface area contributed by atoms with E-state index in [0.717, 1.165) is 25.4 Å². The Balaban J connectivity index is 1.54. The predicted octanol–water partition coefficient (Wildman–Crippen LogP) is 2.24. The molecule has 19 heavy (non-hydrogen) atoms. The third kappa shape index (κ3) is 2.37. The second kappa shape index (κ2) is 5.14. The van der Waals surface area contributed by atoms with Crippen molar-refractivity contribution in [1.29, 1.82) is 0 Å². The number of para-hydroxylation sites is 1. The summed E-state index contributed by atoms with van der Waals surface area (Å²) in [6.07, 6.45) is 4.02. The Morgan fingerprint density at radius 2 is 2.11 bits per heavy atom. The average molecular weight is 260 g/mol. The van der Waals surface area contributed by atoms with Crippen LogP contribution in [-0.4, -0.2) is 44.2 Å². The van der Waals surface area contributed by atoms with Crippen molar-refractivity contribution in [3.63, 3.8) is 0 Å². The fraction of sp³-hybridized carbons (Fsp3) is 0.625. The molecule has 0 spiro atoms. The molecule has 3 heteroatoms. The Labute approximate surface area is 115 Å². The zero-order valence-electron chi connectivity index (χ0n) is 12.0. The molecular formula is C16H24N2O. The summed E-state index contributed by atoms with van der Waals surface area (Å²) in [5.41, 5.74) is 1.77. The molecule has 1 N–H and O–H groups in total. The SMILES string of the molecule is CN(C)C1(CNCC2COc3ccccc32)CCC1. The van der Waals surface area contributed by atoms with Gasteiger partial charge < -0.3 is 15.0 Å². The molecule has 2 aliphatic rings. The minimum Gasteiger partial charge on any atom is -0.493 e. The lowest BCUT2D eigenvalue weighted by Crippen LogP contribution is -2.56. The van der Waals surface area contributed by atoms with Crippen LogP contribution in [0.4, 0.5) is 0 Å². The summed E-state index contributed by atoms with van der Waals surface area (Å²) in [4.78, 5) is 2.39. The van der Waals surface area contributed by atoms with Crippen molar-refractivity contribution in [2.45, 2.75) is 30.7 Å². The summed E-state index contributed by atoms with van der Waals surface area (Å²) >= 11 is 0. The smallest absolute Gasteiger partial charge is 0.122 e. The largest absolute Gasteiger partial charge is 0.493 e. The van der Waals surface area contributed by atoms with E-state index < -0.39 is 0 Å². The highest BCUT2D eigenvalue weighted by Crippen LogP contribution is 2.36. The highest BCUT2D eigenvalue weighted by atomic mass is 16.5. The number of benzene rings is 1. The number of nitrogens with zero attached hydrogens (tertiary/aromatic N) is 1. The van der Waals surface area contributed by atoms with Gasteiger partial charge in [0, 0.05) is 30.1 Å². The van der Waals surface area contributed by atoms with Gasteiger partial charge in [0.25, 0.3) is 0 Å². The van der Waals surface area contributed by atoms with E-state index in [2.05, 4.69) is 42.5 Å². The van der Waals surface area contributed by atoms with Crippen LogP contribution in [-0.2, 0) is 0 Å². The molecule has 0 saturated heterocycles. The normalized spacial score (nSPS) is 23.8. The summed E-state index contributed by atoms with van der Waals surface area (Å²) in [7, 11) is 4.41. The fourth-order valence-corrected chi connectivity index (χ4v) is 3.24. The van der Waals surface area contributed by atoms with E-state index in [1.54, 1.807) is 0 Å². The standard InChI is InChI=1S/C16H24N2O/c1-18(2)16(8-5-9-16)12-17-10-13-11-19-15-7-4-3-6-14(13)15/h3-4,6-7,13,17H,5,8-12H2,1-2H3. The van der Waals surface area contributed by atoms with Crippen LogP contribution < -0.4 is 10.1 Å². The Morgan fingerprint density at radius 1 is 1.32 bits per heavy atom. The van der Waals surface area contributed by atoms with Crippen LogP contribution in [0.25, 0.3) is 0 Å². The minimum atomic E-state index is 0.402. The van der Waals surface area contributed by atoms with Crippen molar-refractivity contribution in [2.24, 2.45) is 0 Å². The van der Waals surface area contributed by atoms with Crippen molar-refractivity contribution < 1.29 is 4.74 Å². The Bertz CT molecular complexity index is 440. The lowest BCUT2D eigenvalue weighted by atomic mass is 9.75. The van der Waals surface area contributed by atoms with Gasteiger partial charge in [-0.15, -0.1) is 0 Å². The van der Waals surface area contributed by atoms with Gasteiger partial charge in [0.05, 0.1) is 6.61 Å². The lowest BCUT2D eigenvalue weighted by molar-refractivity contribution is 0.0597. The molecule has 0 radical (unpaired) electrons. The van der Waals surface area contributed by atoms with E-state index in [-0.39, 0.29) is 0 Å². The van der Waals surface area contributed by atoms with Crippen LogP contribution in [0.1, 0.15) is 30.7 Å². The molecule has 1 unspecified atom stereocenters. The zero-order valence-corrected chi connectivity index (χ0v) is 12.0. The number of hydrogen-bond acceptors (Lipinski definition) is 3. The summed E-state index contributed by atoms with van der Waals surface area (Å²) in [6.45, 7) is 2.94. The first kappa shape index (κ1) is 12.9. The molecule has 1 atom stereocenters. The van der Waals surface area contributed by atoms with Gasteiger partial charge in [0.1, 0.15) is 5.75 Å². The van der Waals surface area contributed by atoms with E-state index >= 15 is 0 Å². The molecule has 1 saturated carbocycles. The number of rotatable bonds is 5. The molecule has 0 bridgehead atoms. The monoisotopic (exact) mass is 260 g/mol. The summed E-state index contributed by atoms with van der Waals surface area (Å²) in [5.74, 6) is 1.58. The molecule has 104 valence electrons. The van der Waals surface area contributed by atoms with Gasteiger partial charge >= 0.3 is 0 Å². The van der Waals surface area contributed by atoms with E-state index in [0.29, 0.717) is 11.5 Å². The summed E-state index contributed by atoms with van der Waals surface area (Å²) < 4.78 is 5.73. The molecule has 1 aliphatic heterocycles. The van der Waals surface area contributed by atoms with Crippen molar-refractivity contribution in [3.05, 3.63) is 29.8 Å². The van der Waals surface area contributed by atoms with Gasteiger partial charge in [-0.2, -0.15) is 0 Å². The zero-order chi connectivity index (χ0) is 13.3. The molecule has 1 heterocycles. The van der Waals surface area contributed by atoms with Crippen molar-refractivity contribution in [2.75, 3.05) is 33.8 Å². The van der Waals surface area contributed by atoms with Gasteiger partial charge in [0.2, 0.25) is 0 Å².